The van der Waals surface area contributed by atoms with Gasteiger partial charge in [-0.2, -0.15) is 4.31 Å². The molecule has 3 heterocycles. The summed E-state index contributed by atoms with van der Waals surface area (Å²) < 4.78 is 47.6. The second-order valence-corrected chi connectivity index (χ2v) is 11.6. The van der Waals surface area contributed by atoms with Crippen LogP contribution in [0.5, 0.6) is 5.75 Å². The average Bonchev–Trinajstić information content (AvgIpc) is 3.23. The minimum absolute atomic E-state index is 0.00719. The third-order valence-corrected chi connectivity index (χ3v) is 9.22. The Hall–Kier alpha value is -2.53. The first-order valence-corrected chi connectivity index (χ1v) is 13.4. The van der Waals surface area contributed by atoms with Crippen LogP contribution < -0.4 is 10.1 Å². The van der Waals surface area contributed by atoms with E-state index in [0.717, 1.165) is 9.87 Å². The summed E-state index contributed by atoms with van der Waals surface area (Å²) in [4.78, 5) is 15.7. The van der Waals surface area contributed by atoms with E-state index in [4.69, 9.17) is 4.74 Å². The number of piperidine rings is 1. The summed E-state index contributed by atoms with van der Waals surface area (Å²) in [5.41, 5.74) is 0.339. The van der Waals surface area contributed by atoms with Gasteiger partial charge in [0.25, 0.3) is 0 Å². The van der Waals surface area contributed by atoms with Crippen LogP contribution in [-0.2, 0) is 21.4 Å². The van der Waals surface area contributed by atoms with E-state index in [0.29, 0.717) is 38.9 Å². The minimum atomic E-state index is -4.04. The van der Waals surface area contributed by atoms with Gasteiger partial charge in [-0.15, -0.1) is 0 Å². The van der Waals surface area contributed by atoms with Gasteiger partial charge in [-0.25, -0.2) is 12.8 Å². The third kappa shape index (κ3) is 4.93. The predicted octanol–water partition coefficient (Wildman–Crippen LogP) is 1.88. The van der Waals surface area contributed by atoms with Crippen molar-refractivity contribution in [3.63, 3.8) is 0 Å². The molecular weight excluding hydrogens is 473 g/mol. The Bertz CT molecular complexity index is 1200. The number of likely N-dealkylation sites (tertiary alicyclic amines) is 1. The van der Waals surface area contributed by atoms with E-state index in [1.807, 2.05) is 6.07 Å². The summed E-state index contributed by atoms with van der Waals surface area (Å²) >= 11 is 0. The molecule has 0 aromatic heterocycles. The van der Waals surface area contributed by atoms with Crippen LogP contribution in [0.1, 0.15) is 31.2 Å². The number of amides is 1. The molecule has 2 atom stereocenters. The summed E-state index contributed by atoms with van der Waals surface area (Å²) in [6.07, 6.45) is 0.967. The number of carbonyl (C=O) groups is 1. The van der Waals surface area contributed by atoms with Crippen LogP contribution in [-0.4, -0.2) is 72.6 Å². The molecule has 0 bridgehead atoms. The molecule has 0 unspecified atom stereocenters. The van der Waals surface area contributed by atoms with E-state index in [1.54, 1.807) is 24.3 Å². The lowest BCUT2D eigenvalue weighted by Crippen LogP contribution is -2.59. The van der Waals surface area contributed by atoms with Gasteiger partial charge in [-0.1, -0.05) is 24.3 Å². The lowest BCUT2D eigenvalue weighted by molar-refractivity contribution is -0.127. The average molecular weight is 504 g/mol. The molecule has 3 aliphatic heterocycles. The lowest BCUT2D eigenvalue weighted by Gasteiger charge is -2.43. The summed E-state index contributed by atoms with van der Waals surface area (Å²) in [5.74, 6) is -0.397. The van der Waals surface area contributed by atoms with Crippen LogP contribution in [0.4, 0.5) is 4.39 Å². The molecule has 3 aliphatic rings. The van der Waals surface area contributed by atoms with Gasteiger partial charge in [0.1, 0.15) is 22.5 Å². The molecule has 1 spiro atoms. The zero-order valence-electron chi connectivity index (χ0n) is 19.4. The van der Waals surface area contributed by atoms with Crippen molar-refractivity contribution >= 4 is 15.9 Å². The SMILES string of the molecule is O=C1NC2(CCOc3ccccc3S(=O)(=O)N3C[C@H](O)C[C@@H]13)CCN(Cc1cccc(F)c1)CC2. The summed E-state index contributed by atoms with van der Waals surface area (Å²) in [5, 5.41) is 13.4. The van der Waals surface area contributed by atoms with Crippen molar-refractivity contribution < 1.29 is 27.4 Å². The fourth-order valence-corrected chi connectivity index (χ4v) is 7.14. The van der Waals surface area contributed by atoms with Crippen molar-refractivity contribution in [1.82, 2.24) is 14.5 Å². The highest BCUT2D eigenvalue weighted by molar-refractivity contribution is 7.89. The van der Waals surface area contributed by atoms with E-state index in [2.05, 4.69) is 10.2 Å². The first-order valence-electron chi connectivity index (χ1n) is 12.0. The largest absolute Gasteiger partial charge is 0.492 e. The molecule has 0 radical (unpaired) electrons. The molecule has 2 N–H and O–H groups in total. The second kappa shape index (κ2) is 9.50. The van der Waals surface area contributed by atoms with Crippen LogP contribution >= 0.6 is 0 Å². The van der Waals surface area contributed by atoms with Crippen molar-refractivity contribution in [3.8, 4) is 5.75 Å². The zero-order chi connectivity index (χ0) is 24.6. The number of rotatable bonds is 2. The number of carbonyl (C=O) groups excluding carboxylic acids is 1. The molecule has 2 fully saturated rings. The van der Waals surface area contributed by atoms with Crippen LogP contribution in [0.15, 0.2) is 53.4 Å². The van der Waals surface area contributed by atoms with Gasteiger partial charge in [0, 0.05) is 44.6 Å². The van der Waals surface area contributed by atoms with Crippen molar-refractivity contribution in [3.05, 3.63) is 59.9 Å². The minimum Gasteiger partial charge on any atom is -0.492 e. The number of nitrogens with zero attached hydrogens (tertiary/aromatic N) is 2. The molecule has 2 saturated heterocycles. The first-order chi connectivity index (χ1) is 16.8. The standard InChI is InChI=1S/C25H30FN3O5S/c26-19-5-3-4-18(14-19)16-28-11-8-25(9-12-28)10-13-34-22-6-1-2-7-23(22)35(32,33)29-17-20(30)15-21(29)24(31)27-25/h1-7,14,20-21,30H,8-13,15-17H2,(H,27,31)/t20-,21+/m1/s1. The Balaban J connectivity index is 1.39. The summed E-state index contributed by atoms with van der Waals surface area (Å²) in [7, 11) is -4.04. The van der Waals surface area contributed by atoms with E-state index in [-0.39, 0.29) is 41.9 Å². The van der Waals surface area contributed by atoms with E-state index >= 15 is 0 Å². The number of sulfonamides is 1. The number of ether oxygens (including phenoxy) is 1. The number of fused-ring (bicyclic) bond motifs is 2. The molecule has 8 nitrogen and oxygen atoms in total. The van der Waals surface area contributed by atoms with Gasteiger partial charge in [0.15, 0.2) is 0 Å². The first kappa shape index (κ1) is 24.2. The van der Waals surface area contributed by atoms with Gasteiger partial charge in [-0.3, -0.25) is 9.69 Å². The number of halogens is 1. The van der Waals surface area contributed by atoms with Crippen LogP contribution in [0.3, 0.4) is 0 Å². The fourth-order valence-electron chi connectivity index (χ4n) is 5.37. The molecular formula is C25H30FN3O5S. The number of benzene rings is 2. The Labute approximate surface area is 204 Å². The van der Waals surface area contributed by atoms with Gasteiger partial charge >= 0.3 is 0 Å². The van der Waals surface area contributed by atoms with E-state index in [9.17, 15) is 22.7 Å². The summed E-state index contributed by atoms with van der Waals surface area (Å²) in [6, 6.07) is 12.0. The number of hydrogen-bond acceptors (Lipinski definition) is 6. The fraction of sp³-hybridized carbons (Fsp3) is 0.480. The molecule has 2 aromatic rings. The van der Waals surface area contributed by atoms with Crippen LogP contribution in [0.2, 0.25) is 0 Å². The molecule has 2 aromatic carbocycles. The molecule has 1 amide bonds. The molecule has 5 rings (SSSR count). The maximum absolute atomic E-state index is 13.6. The normalized spacial score (nSPS) is 26.7. The van der Waals surface area contributed by atoms with E-state index < -0.39 is 27.7 Å². The van der Waals surface area contributed by atoms with Crippen LogP contribution in [0, 0.1) is 5.82 Å². The topological polar surface area (TPSA) is 99.2 Å². The second-order valence-electron chi connectivity index (χ2n) is 9.70. The lowest BCUT2D eigenvalue weighted by atomic mass is 9.84. The third-order valence-electron chi connectivity index (χ3n) is 7.31. The quantitative estimate of drug-likeness (QED) is 0.650. The Morgan fingerprint density at radius 1 is 1.11 bits per heavy atom. The Morgan fingerprint density at radius 3 is 2.66 bits per heavy atom. The highest BCUT2D eigenvalue weighted by Crippen LogP contribution is 2.35. The van der Waals surface area contributed by atoms with Gasteiger partial charge < -0.3 is 15.2 Å². The van der Waals surface area contributed by atoms with Crippen molar-refractivity contribution in [1.29, 1.82) is 0 Å². The molecule has 188 valence electrons. The molecule has 0 aliphatic carbocycles. The molecule has 10 heteroatoms. The monoisotopic (exact) mass is 503 g/mol. The zero-order valence-corrected chi connectivity index (χ0v) is 20.2. The Morgan fingerprint density at radius 2 is 1.89 bits per heavy atom. The van der Waals surface area contributed by atoms with Gasteiger partial charge in [0.2, 0.25) is 15.9 Å². The van der Waals surface area contributed by atoms with E-state index in [1.165, 1.54) is 18.2 Å². The van der Waals surface area contributed by atoms with Crippen LogP contribution in [0.25, 0.3) is 0 Å². The number of para-hydroxylation sites is 1. The molecule has 0 saturated carbocycles. The highest BCUT2D eigenvalue weighted by Gasteiger charge is 2.47. The van der Waals surface area contributed by atoms with Crippen molar-refractivity contribution in [2.75, 3.05) is 26.2 Å². The summed E-state index contributed by atoms with van der Waals surface area (Å²) in [6.45, 7) is 2.13. The number of hydrogen-bond donors (Lipinski definition) is 2. The number of aliphatic hydroxyl groups is 1. The smallest absolute Gasteiger partial charge is 0.247 e. The van der Waals surface area contributed by atoms with Gasteiger partial charge in [0.05, 0.1) is 12.7 Å². The highest BCUT2D eigenvalue weighted by atomic mass is 32.2. The van der Waals surface area contributed by atoms with Crippen molar-refractivity contribution in [2.24, 2.45) is 0 Å². The van der Waals surface area contributed by atoms with Gasteiger partial charge in [-0.05, 0) is 42.7 Å². The number of aliphatic hydroxyl groups excluding tert-OH is 1. The molecule has 35 heavy (non-hydrogen) atoms. The predicted molar refractivity (Wildman–Crippen MR) is 127 cm³/mol. The maximum Gasteiger partial charge on any atom is 0.247 e. The number of nitrogens with one attached hydrogen (secondary N) is 1. The maximum atomic E-state index is 13.6. The Kier molecular flexibility index (Phi) is 6.56. The van der Waals surface area contributed by atoms with Crippen molar-refractivity contribution in [2.45, 2.75) is 54.8 Å².